The number of aryl methyl sites for hydroxylation is 2. The summed E-state index contributed by atoms with van der Waals surface area (Å²) in [5.74, 6) is 0.189. The molecule has 2 aromatic rings. The van der Waals surface area contributed by atoms with Gasteiger partial charge in [-0.15, -0.1) is 0 Å². The van der Waals surface area contributed by atoms with E-state index in [-0.39, 0.29) is 24.9 Å². The zero-order valence-corrected chi connectivity index (χ0v) is 13.9. The molecular weight excluding hydrogens is 310 g/mol. The van der Waals surface area contributed by atoms with Gasteiger partial charge in [-0.1, -0.05) is 6.07 Å². The van der Waals surface area contributed by atoms with E-state index >= 15 is 0 Å². The number of rotatable bonds is 4. The summed E-state index contributed by atoms with van der Waals surface area (Å²) in [4.78, 5) is 42.1. The first-order valence-electron chi connectivity index (χ1n) is 7.61. The fraction of sp³-hybridized carbons (Fsp3) is 0.375. The maximum Gasteiger partial charge on any atom is 0.327 e. The van der Waals surface area contributed by atoms with Crippen molar-refractivity contribution in [1.82, 2.24) is 24.7 Å². The SMILES string of the molecule is Cc1nc2cc(CNC(=O)CN3C(=O)CN(C)C3=O)ccc2n1C. The lowest BCUT2D eigenvalue weighted by Gasteiger charge is -2.13. The number of imide groups is 1. The summed E-state index contributed by atoms with van der Waals surface area (Å²) < 4.78 is 2.00. The van der Waals surface area contributed by atoms with Crippen molar-refractivity contribution in [1.29, 1.82) is 0 Å². The second kappa shape index (κ2) is 5.95. The Hall–Kier alpha value is -2.90. The Morgan fingerprint density at radius 2 is 2.04 bits per heavy atom. The first-order valence-corrected chi connectivity index (χ1v) is 7.61. The average molecular weight is 329 g/mol. The fourth-order valence-corrected chi connectivity index (χ4v) is 2.70. The lowest BCUT2D eigenvalue weighted by molar-refractivity contribution is -0.130. The lowest BCUT2D eigenvalue weighted by Crippen LogP contribution is -2.40. The molecule has 3 rings (SSSR count). The summed E-state index contributed by atoms with van der Waals surface area (Å²) >= 11 is 0. The van der Waals surface area contributed by atoms with E-state index in [1.807, 2.05) is 36.7 Å². The highest BCUT2D eigenvalue weighted by Gasteiger charge is 2.34. The Morgan fingerprint density at radius 3 is 2.71 bits per heavy atom. The number of urea groups is 1. The Labute approximate surface area is 139 Å². The van der Waals surface area contributed by atoms with E-state index in [9.17, 15) is 14.4 Å². The molecule has 24 heavy (non-hydrogen) atoms. The highest BCUT2D eigenvalue weighted by molar-refractivity contribution is 6.04. The molecule has 1 aliphatic rings. The van der Waals surface area contributed by atoms with Gasteiger partial charge in [0.15, 0.2) is 0 Å². The molecule has 1 saturated heterocycles. The number of nitrogens with one attached hydrogen (secondary N) is 1. The zero-order chi connectivity index (χ0) is 17.4. The van der Waals surface area contributed by atoms with Gasteiger partial charge in [-0.3, -0.25) is 14.5 Å². The van der Waals surface area contributed by atoms with Gasteiger partial charge in [-0.25, -0.2) is 9.78 Å². The van der Waals surface area contributed by atoms with Gasteiger partial charge < -0.3 is 14.8 Å². The summed E-state index contributed by atoms with van der Waals surface area (Å²) in [6, 6.07) is 5.35. The highest BCUT2D eigenvalue weighted by Crippen LogP contribution is 2.16. The van der Waals surface area contributed by atoms with Crippen molar-refractivity contribution in [2.75, 3.05) is 20.1 Å². The van der Waals surface area contributed by atoms with Crippen molar-refractivity contribution in [2.24, 2.45) is 7.05 Å². The van der Waals surface area contributed by atoms with E-state index in [4.69, 9.17) is 0 Å². The van der Waals surface area contributed by atoms with Gasteiger partial charge in [0.05, 0.1) is 11.0 Å². The molecule has 0 atom stereocenters. The number of benzene rings is 1. The van der Waals surface area contributed by atoms with E-state index in [1.54, 1.807) is 0 Å². The third-order valence-electron chi connectivity index (χ3n) is 4.19. The van der Waals surface area contributed by atoms with Gasteiger partial charge in [0, 0.05) is 20.6 Å². The van der Waals surface area contributed by atoms with Crippen LogP contribution in [-0.2, 0) is 23.2 Å². The smallest absolute Gasteiger partial charge is 0.327 e. The Balaban J connectivity index is 1.62. The second-order valence-electron chi connectivity index (χ2n) is 5.94. The summed E-state index contributed by atoms with van der Waals surface area (Å²) in [5.41, 5.74) is 2.80. The lowest BCUT2D eigenvalue weighted by atomic mass is 10.2. The Morgan fingerprint density at radius 1 is 1.29 bits per heavy atom. The van der Waals surface area contributed by atoms with Crippen LogP contribution in [0.3, 0.4) is 0 Å². The van der Waals surface area contributed by atoms with E-state index < -0.39 is 6.03 Å². The minimum Gasteiger partial charge on any atom is -0.350 e. The molecule has 0 saturated carbocycles. The van der Waals surface area contributed by atoms with Crippen LogP contribution in [0.25, 0.3) is 11.0 Å². The molecule has 0 bridgehead atoms. The molecule has 0 radical (unpaired) electrons. The van der Waals surface area contributed by atoms with Crippen molar-refractivity contribution >= 4 is 28.9 Å². The predicted molar refractivity (Wildman–Crippen MR) is 87.0 cm³/mol. The summed E-state index contributed by atoms with van der Waals surface area (Å²) in [6.07, 6.45) is 0. The summed E-state index contributed by atoms with van der Waals surface area (Å²) in [6.45, 7) is 2.01. The third kappa shape index (κ3) is 2.82. The van der Waals surface area contributed by atoms with Crippen molar-refractivity contribution in [2.45, 2.75) is 13.5 Å². The molecule has 1 aromatic heterocycles. The molecule has 1 N–H and O–H groups in total. The van der Waals surface area contributed by atoms with Crippen LogP contribution >= 0.6 is 0 Å². The van der Waals surface area contributed by atoms with Crippen LogP contribution in [0.4, 0.5) is 4.79 Å². The van der Waals surface area contributed by atoms with Crippen LogP contribution in [0.15, 0.2) is 18.2 Å². The maximum atomic E-state index is 12.0. The molecule has 1 fully saturated rings. The topological polar surface area (TPSA) is 87.5 Å². The van der Waals surface area contributed by atoms with E-state index in [1.165, 1.54) is 11.9 Å². The summed E-state index contributed by atoms with van der Waals surface area (Å²) in [7, 11) is 3.48. The molecule has 4 amide bonds. The first-order chi connectivity index (χ1) is 11.4. The number of carbonyl (C=O) groups excluding carboxylic acids is 3. The Kier molecular flexibility index (Phi) is 3.96. The van der Waals surface area contributed by atoms with Crippen LogP contribution in [-0.4, -0.2) is 57.3 Å². The van der Waals surface area contributed by atoms with Crippen LogP contribution in [0, 0.1) is 6.92 Å². The molecule has 0 unspecified atom stereocenters. The van der Waals surface area contributed by atoms with Gasteiger partial charge in [0.25, 0.3) is 5.91 Å². The number of hydrogen-bond acceptors (Lipinski definition) is 4. The summed E-state index contributed by atoms with van der Waals surface area (Å²) in [5, 5.41) is 2.73. The van der Waals surface area contributed by atoms with Crippen molar-refractivity contribution in [3.8, 4) is 0 Å². The number of aromatic nitrogens is 2. The number of imidazole rings is 1. The van der Waals surface area contributed by atoms with Crippen molar-refractivity contribution in [3.05, 3.63) is 29.6 Å². The van der Waals surface area contributed by atoms with Crippen LogP contribution in [0.1, 0.15) is 11.4 Å². The molecule has 2 heterocycles. The quantitative estimate of drug-likeness (QED) is 0.822. The number of likely N-dealkylation sites (N-methyl/N-ethyl adjacent to an activating group) is 1. The van der Waals surface area contributed by atoms with Gasteiger partial charge in [0.2, 0.25) is 5.91 Å². The molecule has 0 aliphatic carbocycles. The molecular formula is C16H19N5O3. The fourth-order valence-electron chi connectivity index (χ4n) is 2.70. The molecule has 126 valence electrons. The van der Waals surface area contributed by atoms with E-state index in [2.05, 4.69) is 10.3 Å². The third-order valence-corrected chi connectivity index (χ3v) is 4.19. The van der Waals surface area contributed by atoms with Crippen LogP contribution < -0.4 is 5.32 Å². The minimum atomic E-state index is -0.444. The van der Waals surface area contributed by atoms with Crippen molar-refractivity contribution < 1.29 is 14.4 Å². The van der Waals surface area contributed by atoms with E-state index in [0.717, 1.165) is 27.3 Å². The first kappa shape index (κ1) is 16.0. The molecule has 8 nitrogen and oxygen atoms in total. The van der Waals surface area contributed by atoms with Gasteiger partial charge >= 0.3 is 6.03 Å². The van der Waals surface area contributed by atoms with Gasteiger partial charge in [0.1, 0.15) is 18.9 Å². The molecule has 0 spiro atoms. The van der Waals surface area contributed by atoms with Crippen molar-refractivity contribution in [3.63, 3.8) is 0 Å². The van der Waals surface area contributed by atoms with Crippen LogP contribution in [0.2, 0.25) is 0 Å². The molecule has 1 aliphatic heterocycles. The molecule has 1 aromatic carbocycles. The largest absolute Gasteiger partial charge is 0.350 e. The standard InChI is InChI=1S/C16H19N5O3/c1-10-18-12-6-11(4-5-13(12)20(10)3)7-17-14(22)8-21-15(23)9-19(2)16(21)24/h4-6H,7-9H2,1-3H3,(H,17,22). The highest BCUT2D eigenvalue weighted by atomic mass is 16.2. The zero-order valence-electron chi connectivity index (χ0n) is 13.9. The van der Waals surface area contributed by atoms with E-state index in [0.29, 0.717) is 6.54 Å². The normalized spacial score (nSPS) is 14.8. The number of nitrogens with zero attached hydrogens (tertiary/aromatic N) is 4. The Bertz CT molecular complexity index is 842. The molecule has 8 heteroatoms. The van der Waals surface area contributed by atoms with Gasteiger partial charge in [-0.2, -0.15) is 0 Å². The maximum absolute atomic E-state index is 12.0. The number of carbonyl (C=O) groups is 3. The number of amides is 4. The average Bonchev–Trinajstić information content (AvgIpc) is 2.95. The van der Waals surface area contributed by atoms with Crippen LogP contribution in [0.5, 0.6) is 0 Å². The number of fused-ring (bicyclic) bond motifs is 1. The monoisotopic (exact) mass is 329 g/mol. The second-order valence-corrected chi connectivity index (χ2v) is 5.94. The van der Waals surface area contributed by atoms with Gasteiger partial charge in [-0.05, 0) is 24.6 Å². The predicted octanol–water partition coefficient (Wildman–Crippen LogP) is 0.392. The number of hydrogen-bond donors (Lipinski definition) is 1. The minimum absolute atomic E-state index is 0.0157.